The highest BCUT2D eigenvalue weighted by molar-refractivity contribution is 9.10. The maximum atomic E-state index is 13.3. The van der Waals surface area contributed by atoms with Crippen molar-refractivity contribution in [1.82, 2.24) is 14.7 Å². The fraction of sp³-hybridized carbons (Fsp3) is 0.312. The summed E-state index contributed by atoms with van der Waals surface area (Å²) in [5, 5.41) is 6.60. The molecule has 1 fully saturated rings. The highest BCUT2D eigenvalue weighted by atomic mass is 79.9. The van der Waals surface area contributed by atoms with Crippen LogP contribution in [-0.4, -0.2) is 40.1 Å². The van der Waals surface area contributed by atoms with Crippen molar-refractivity contribution >= 4 is 45.0 Å². The molecule has 1 N–H and O–H groups in total. The van der Waals surface area contributed by atoms with E-state index in [4.69, 9.17) is 11.6 Å². The van der Waals surface area contributed by atoms with Crippen LogP contribution < -0.4 is 5.32 Å². The summed E-state index contributed by atoms with van der Waals surface area (Å²) >= 11 is 8.75. The zero-order chi connectivity index (χ0) is 19.4. The first-order valence-corrected chi connectivity index (χ1v) is 8.72. The average Bonchev–Trinajstić information content (AvgIpc) is 3.06. The molecule has 0 saturated carbocycles. The number of anilines is 1. The van der Waals surface area contributed by atoms with E-state index in [-0.39, 0.29) is 11.6 Å². The molecule has 10 heteroatoms. The van der Waals surface area contributed by atoms with Gasteiger partial charge in [-0.15, -0.1) is 0 Å². The van der Waals surface area contributed by atoms with Gasteiger partial charge in [0.1, 0.15) is 5.92 Å². The smallest absolute Gasteiger partial charge is 0.237 e. The van der Waals surface area contributed by atoms with Crippen molar-refractivity contribution < 1.29 is 18.4 Å². The molecule has 1 aromatic carbocycles. The number of benzene rings is 1. The summed E-state index contributed by atoms with van der Waals surface area (Å²) < 4.78 is 28.8. The van der Waals surface area contributed by atoms with Crippen LogP contribution in [0, 0.1) is 17.6 Å². The summed E-state index contributed by atoms with van der Waals surface area (Å²) in [6, 6.07) is 3.50. The third kappa shape index (κ3) is 4.79. The summed E-state index contributed by atoms with van der Waals surface area (Å²) in [7, 11) is 3.41. The van der Waals surface area contributed by atoms with Crippen molar-refractivity contribution in [3.63, 3.8) is 0 Å². The second-order valence-corrected chi connectivity index (χ2v) is 6.85. The standard InChI is InChI=1S/C12H12F2N2O2.C4H4BrClN2/c1-16-6-5-7(12(16)18)11(17)15-9-4-2-3-8(13)10(9)14;1-8-2-3(5)4(6)7-8/h2-4,7H,5-6H2,1H3,(H,15,17);2H,1H3/t7-;/m0./s1. The summed E-state index contributed by atoms with van der Waals surface area (Å²) in [6.45, 7) is 0.489. The fourth-order valence-electron chi connectivity index (χ4n) is 2.32. The Morgan fingerprint density at radius 1 is 1.38 bits per heavy atom. The normalized spacial score (nSPS) is 16.3. The van der Waals surface area contributed by atoms with Crippen LogP contribution in [0.3, 0.4) is 0 Å². The predicted molar refractivity (Wildman–Crippen MR) is 96.6 cm³/mol. The molecule has 26 heavy (non-hydrogen) atoms. The quantitative estimate of drug-likeness (QED) is 0.716. The van der Waals surface area contributed by atoms with E-state index in [0.29, 0.717) is 18.1 Å². The van der Waals surface area contributed by atoms with Crippen molar-refractivity contribution in [2.24, 2.45) is 13.0 Å². The Balaban J connectivity index is 0.000000254. The lowest BCUT2D eigenvalue weighted by molar-refractivity contribution is -0.134. The monoisotopic (exact) mass is 448 g/mol. The lowest BCUT2D eigenvalue weighted by atomic mass is 10.1. The van der Waals surface area contributed by atoms with Gasteiger partial charge in [0, 0.05) is 26.8 Å². The molecule has 140 valence electrons. The van der Waals surface area contributed by atoms with E-state index >= 15 is 0 Å². The van der Waals surface area contributed by atoms with Crippen molar-refractivity contribution in [2.45, 2.75) is 6.42 Å². The molecule has 0 unspecified atom stereocenters. The van der Waals surface area contributed by atoms with Gasteiger partial charge in [-0.05, 0) is 34.5 Å². The fourth-order valence-corrected chi connectivity index (χ4v) is 2.86. The number of aryl methyl sites for hydroxylation is 1. The van der Waals surface area contributed by atoms with Crippen molar-refractivity contribution in [3.8, 4) is 0 Å². The number of amides is 2. The number of nitrogens with one attached hydrogen (secondary N) is 1. The van der Waals surface area contributed by atoms with Gasteiger partial charge in [-0.1, -0.05) is 17.7 Å². The van der Waals surface area contributed by atoms with Gasteiger partial charge in [0.05, 0.1) is 10.2 Å². The molecule has 1 atom stereocenters. The summed E-state index contributed by atoms with van der Waals surface area (Å²) in [4.78, 5) is 24.8. The van der Waals surface area contributed by atoms with E-state index in [9.17, 15) is 18.4 Å². The van der Waals surface area contributed by atoms with E-state index in [0.717, 1.165) is 10.5 Å². The molecule has 2 heterocycles. The third-order valence-corrected chi connectivity index (χ3v) is 4.78. The minimum atomic E-state index is -1.12. The van der Waals surface area contributed by atoms with Gasteiger partial charge in [0.15, 0.2) is 16.8 Å². The number of aromatic nitrogens is 2. The molecule has 0 bridgehead atoms. The number of halogens is 4. The highest BCUT2D eigenvalue weighted by Crippen LogP contribution is 2.21. The predicted octanol–water partition coefficient (Wildman–Crippen LogP) is 3.22. The molecule has 2 amide bonds. The molecule has 1 saturated heterocycles. The van der Waals surface area contributed by atoms with E-state index in [1.165, 1.54) is 17.0 Å². The largest absolute Gasteiger partial charge is 0.345 e. The Labute approximate surface area is 162 Å². The lowest BCUT2D eigenvalue weighted by Gasteiger charge is -2.11. The minimum absolute atomic E-state index is 0.248. The summed E-state index contributed by atoms with van der Waals surface area (Å²) in [5.74, 6) is -3.89. The number of likely N-dealkylation sites (tertiary alicyclic amines) is 1. The molecular formula is C16H16BrClF2N4O2. The van der Waals surface area contributed by atoms with E-state index in [2.05, 4.69) is 26.3 Å². The first kappa shape index (κ1) is 20.3. The van der Waals surface area contributed by atoms with Crippen LogP contribution >= 0.6 is 27.5 Å². The van der Waals surface area contributed by atoms with Crippen LogP contribution in [0.2, 0.25) is 5.15 Å². The average molecular weight is 450 g/mol. The van der Waals surface area contributed by atoms with Crippen LogP contribution in [0.5, 0.6) is 0 Å². The Morgan fingerprint density at radius 3 is 2.54 bits per heavy atom. The van der Waals surface area contributed by atoms with Gasteiger partial charge in [-0.3, -0.25) is 14.3 Å². The van der Waals surface area contributed by atoms with Gasteiger partial charge in [0.25, 0.3) is 0 Å². The first-order chi connectivity index (χ1) is 12.2. The summed E-state index contributed by atoms with van der Waals surface area (Å²) in [6.07, 6.45) is 2.18. The Hall–Kier alpha value is -2.00. The van der Waals surface area contributed by atoms with Crippen LogP contribution in [0.25, 0.3) is 0 Å². The SMILES string of the molecule is CN1CC[C@@H](C(=O)Nc2cccc(F)c2F)C1=O.Cn1cc(Br)c(Cl)n1. The second kappa shape index (κ2) is 8.59. The molecule has 6 nitrogen and oxygen atoms in total. The first-order valence-electron chi connectivity index (χ1n) is 7.55. The van der Waals surface area contributed by atoms with Crippen LogP contribution in [-0.2, 0) is 16.6 Å². The molecule has 0 radical (unpaired) electrons. The Kier molecular flexibility index (Phi) is 6.71. The molecule has 2 aromatic rings. The number of carbonyl (C=O) groups excluding carboxylic acids is 2. The van der Waals surface area contributed by atoms with Crippen molar-refractivity contribution in [2.75, 3.05) is 18.9 Å². The maximum Gasteiger partial charge on any atom is 0.237 e. The van der Waals surface area contributed by atoms with Gasteiger partial charge in [-0.2, -0.15) is 5.10 Å². The molecule has 1 aliphatic rings. The van der Waals surface area contributed by atoms with E-state index in [1.807, 2.05) is 7.05 Å². The van der Waals surface area contributed by atoms with Gasteiger partial charge >= 0.3 is 0 Å². The van der Waals surface area contributed by atoms with Gasteiger partial charge in [0.2, 0.25) is 11.8 Å². The molecular weight excluding hydrogens is 434 g/mol. The van der Waals surface area contributed by atoms with Crippen molar-refractivity contribution in [1.29, 1.82) is 0 Å². The van der Waals surface area contributed by atoms with Crippen LogP contribution in [0.15, 0.2) is 28.9 Å². The Morgan fingerprint density at radius 2 is 2.08 bits per heavy atom. The Bertz CT molecular complexity index is 811. The number of carbonyl (C=O) groups is 2. The number of rotatable bonds is 2. The molecule has 1 aromatic heterocycles. The molecule has 3 rings (SSSR count). The molecule has 0 aliphatic carbocycles. The molecule has 0 spiro atoms. The van der Waals surface area contributed by atoms with Crippen LogP contribution in [0.4, 0.5) is 14.5 Å². The minimum Gasteiger partial charge on any atom is -0.345 e. The van der Waals surface area contributed by atoms with Gasteiger partial charge in [-0.25, -0.2) is 8.78 Å². The third-order valence-electron chi connectivity index (χ3n) is 3.70. The highest BCUT2D eigenvalue weighted by Gasteiger charge is 2.35. The second-order valence-electron chi connectivity index (χ2n) is 5.63. The lowest BCUT2D eigenvalue weighted by Crippen LogP contribution is -2.31. The maximum absolute atomic E-state index is 13.3. The number of nitrogens with zero attached hydrogens (tertiary/aromatic N) is 3. The molecule has 1 aliphatic heterocycles. The zero-order valence-corrected chi connectivity index (χ0v) is 16.3. The van der Waals surface area contributed by atoms with Crippen molar-refractivity contribution in [3.05, 3.63) is 45.7 Å². The number of hydrogen-bond donors (Lipinski definition) is 1. The van der Waals surface area contributed by atoms with E-state index in [1.54, 1.807) is 17.9 Å². The zero-order valence-electron chi connectivity index (χ0n) is 14.0. The van der Waals surface area contributed by atoms with Crippen LogP contribution in [0.1, 0.15) is 6.42 Å². The summed E-state index contributed by atoms with van der Waals surface area (Å²) in [5.41, 5.74) is -0.248. The number of hydrogen-bond acceptors (Lipinski definition) is 3. The topological polar surface area (TPSA) is 67.2 Å². The van der Waals surface area contributed by atoms with E-state index < -0.39 is 23.5 Å². The van der Waals surface area contributed by atoms with Gasteiger partial charge < -0.3 is 10.2 Å².